The number of rotatable bonds is 8. The number of amides is 1. The molecule has 4 rings (SSSR count). The number of nitrogens with one attached hydrogen (secondary N) is 1. The van der Waals surface area contributed by atoms with Gasteiger partial charge >= 0.3 is 0 Å². The van der Waals surface area contributed by atoms with E-state index in [2.05, 4.69) is 11.9 Å². The van der Waals surface area contributed by atoms with Crippen molar-refractivity contribution in [3.63, 3.8) is 0 Å². The van der Waals surface area contributed by atoms with Gasteiger partial charge in [0, 0.05) is 16.8 Å². The van der Waals surface area contributed by atoms with Crippen molar-refractivity contribution in [3.05, 3.63) is 120 Å². The van der Waals surface area contributed by atoms with Gasteiger partial charge in [-0.3, -0.25) is 4.79 Å². The number of nitrogens with two attached hydrogens (primary N) is 1. The summed E-state index contributed by atoms with van der Waals surface area (Å²) in [6.07, 6.45) is 0.556. The van der Waals surface area contributed by atoms with Gasteiger partial charge in [-0.05, 0) is 48.4 Å². The molecule has 2 atom stereocenters. The van der Waals surface area contributed by atoms with E-state index in [1.165, 1.54) is 6.08 Å². The Morgan fingerprint density at radius 3 is 2.14 bits per heavy atom. The summed E-state index contributed by atoms with van der Waals surface area (Å²) in [5, 5.41) is 23.7. The molecule has 0 fully saturated rings. The highest BCUT2D eigenvalue weighted by molar-refractivity contribution is 5.99. The molecule has 0 spiro atoms. The number of benzene rings is 3. The normalized spacial score (nSPS) is 13.5. The molecule has 1 heterocycles. The maximum absolute atomic E-state index is 12.1. The van der Waals surface area contributed by atoms with E-state index in [4.69, 9.17) is 10.7 Å². The molecule has 5 N–H and O–H groups in total. The average molecular weight is 466 g/mol. The second kappa shape index (κ2) is 9.93. The summed E-state index contributed by atoms with van der Waals surface area (Å²) < 4.78 is 0. The highest BCUT2D eigenvalue weighted by Gasteiger charge is 2.25. The largest absolute Gasteiger partial charge is 0.381 e. The zero-order valence-electron chi connectivity index (χ0n) is 19.3. The molecular weight excluding hydrogens is 438 g/mol. The van der Waals surface area contributed by atoms with Crippen LogP contribution in [0.1, 0.15) is 28.4 Å². The lowest BCUT2D eigenvalue weighted by Gasteiger charge is -2.24. The van der Waals surface area contributed by atoms with Crippen molar-refractivity contribution in [3.8, 4) is 22.5 Å². The second-order valence-corrected chi connectivity index (χ2v) is 8.37. The number of aliphatic hydroxyl groups excluding tert-OH is 1. The van der Waals surface area contributed by atoms with Crippen molar-refractivity contribution in [1.29, 1.82) is 0 Å². The van der Waals surface area contributed by atoms with Gasteiger partial charge in [0.05, 0.1) is 17.0 Å². The predicted molar refractivity (Wildman–Crippen MR) is 139 cm³/mol. The number of carbonyl (C=O) groups excluding carboxylic acids is 1. The van der Waals surface area contributed by atoms with E-state index in [0.29, 0.717) is 28.1 Å². The molecule has 0 saturated heterocycles. The lowest BCUT2D eigenvalue weighted by atomic mass is 9.87. The first-order valence-corrected chi connectivity index (χ1v) is 11.2. The van der Waals surface area contributed by atoms with E-state index < -0.39 is 17.7 Å². The SMILES string of the molecule is C=CC(O)Nc1ccc(-c2ccc(C(N)=O)c(-c3ccc(C(C)(O)c4ccccc4)cc3)n2)cc1. The maximum atomic E-state index is 12.1. The number of carbonyl (C=O) groups is 1. The van der Waals surface area contributed by atoms with Crippen LogP contribution in [0.5, 0.6) is 0 Å². The fourth-order valence-electron chi connectivity index (χ4n) is 3.89. The Morgan fingerprint density at radius 1 is 0.943 bits per heavy atom. The van der Waals surface area contributed by atoms with E-state index in [1.54, 1.807) is 19.1 Å². The van der Waals surface area contributed by atoms with Crippen molar-refractivity contribution < 1.29 is 15.0 Å². The van der Waals surface area contributed by atoms with Crippen LogP contribution in [0.3, 0.4) is 0 Å². The molecule has 3 aromatic carbocycles. The Hall–Kier alpha value is -4.26. The van der Waals surface area contributed by atoms with Gasteiger partial charge in [0.1, 0.15) is 11.8 Å². The fraction of sp³-hybridized carbons (Fsp3) is 0.103. The van der Waals surface area contributed by atoms with Gasteiger partial charge < -0.3 is 21.3 Å². The first-order chi connectivity index (χ1) is 16.8. The van der Waals surface area contributed by atoms with Gasteiger partial charge in [-0.2, -0.15) is 0 Å². The van der Waals surface area contributed by atoms with Crippen molar-refractivity contribution >= 4 is 11.6 Å². The Labute approximate surface area is 204 Å². The standard InChI is InChI=1S/C29H27N3O3/c1-3-26(33)31-23-15-11-19(12-16-23)25-18-17-24(28(30)34)27(32-25)20-9-13-22(14-10-20)29(2,35)21-7-5-4-6-8-21/h3-18,26,31,33,35H,1H2,2H3,(H2,30,34). The van der Waals surface area contributed by atoms with E-state index >= 15 is 0 Å². The van der Waals surface area contributed by atoms with Gasteiger partial charge in [-0.25, -0.2) is 4.98 Å². The molecule has 6 nitrogen and oxygen atoms in total. The third kappa shape index (κ3) is 5.14. The fourth-order valence-corrected chi connectivity index (χ4v) is 3.89. The van der Waals surface area contributed by atoms with Crippen LogP contribution in [0, 0.1) is 0 Å². The highest BCUT2D eigenvalue weighted by Crippen LogP contribution is 2.32. The van der Waals surface area contributed by atoms with E-state index in [0.717, 1.165) is 16.8 Å². The van der Waals surface area contributed by atoms with E-state index in [-0.39, 0.29) is 0 Å². The number of anilines is 1. The van der Waals surface area contributed by atoms with Crippen LogP contribution in [-0.2, 0) is 5.60 Å². The molecule has 0 saturated carbocycles. The molecule has 0 aliphatic carbocycles. The average Bonchev–Trinajstić information content (AvgIpc) is 2.89. The number of aliphatic hydroxyl groups is 2. The highest BCUT2D eigenvalue weighted by atomic mass is 16.3. The van der Waals surface area contributed by atoms with E-state index in [1.807, 2.05) is 78.9 Å². The molecule has 35 heavy (non-hydrogen) atoms. The molecule has 0 radical (unpaired) electrons. The van der Waals surface area contributed by atoms with Gasteiger partial charge in [-0.15, -0.1) is 0 Å². The molecule has 176 valence electrons. The van der Waals surface area contributed by atoms with Crippen LogP contribution >= 0.6 is 0 Å². The first-order valence-electron chi connectivity index (χ1n) is 11.2. The van der Waals surface area contributed by atoms with Crippen molar-refractivity contribution in [1.82, 2.24) is 4.98 Å². The Bertz CT molecular complexity index is 1330. The monoisotopic (exact) mass is 465 g/mol. The molecule has 0 aliphatic rings. The molecule has 4 aromatic rings. The summed E-state index contributed by atoms with van der Waals surface area (Å²) in [5.41, 5.74) is 9.68. The topological polar surface area (TPSA) is 108 Å². The summed E-state index contributed by atoms with van der Waals surface area (Å²) in [6.45, 7) is 5.29. The van der Waals surface area contributed by atoms with Crippen LogP contribution in [0.2, 0.25) is 0 Å². The number of aromatic nitrogens is 1. The minimum atomic E-state index is -1.17. The zero-order chi connectivity index (χ0) is 25.0. The summed E-state index contributed by atoms with van der Waals surface area (Å²) in [7, 11) is 0. The van der Waals surface area contributed by atoms with Gasteiger partial charge in [0.2, 0.25) is 0 Å². The number of hydrogen-bond donors (Lipinski definition) is 4. The molecule has 1 aromatic heterocycles. The van der Waals surface area contributed by atoms with Crippen LogP contribution in [-0.4, -0.2) is 27.3 Å². The summed E-state index contributed by atoms with van der Waals surface area (Å²) in [5.74, 6) is -0.572. The first kappa shape index (κ1) is 23.9. The molecule has 1 amide bonds. The lowest BCUT2D eigenvalue weighted by molar-refractivity contribution is 0.0998. The van der Waals surface area contributed by atoms with Crippen molar-refractivity contribution in [2.24, 2.45) is 5.73 Å². The van der Waals surface area contributed by atoms with Crippen LogP contribution in [0.15, 0.2) is 104 Å². The van der Waals surface area contributed by atoms with Gasteiger partial charge in [-0.1, -0.05) is 73.3 Å². The van der Waals surface area contributed by atoms with Crippen LogP contribution < -0.4 is 11.1 Å². The molecule has 0 bridgehead atoms. The number of pyridine rings is 1. The second-order valence-electron chi connectivity index (χ2n) is 8.37. The smallest absolute Gasteiger partial charge is 0.250 e. The molecular formula is C29H27N3O3. The van der Waals surface area contributed by atoms with Crippen molar-refractivity contribution in [2.45, 2.75) is 18.8 Å². The minimum Gasteiger partial charge on any atom is -0.381 e. The summed E-state index contributed by atoms with van der Waals surface area (Å²) in [4.78, 5) is 16.9. The molecule has 6 heteroatoms. The van der Waals surface area contributed by atoms with Crippen molar-refractivity contribution in [2.75, 3.05) is 5.32 Å². The molecule has 0 aliphatic heterocycles. The summed E-state index contributed by atoms with van der Waals surface area (Å²) in [6, 6.07) is 27.5. The number of primary amides is 1. The Balaban J connectivity index is 1.68. The number of nitrogens with zero attached hydrogens (tertiary/aromatic N) is 1. The molecule has 2 unspecified atom stereocenters. The Kier molecular flexibility index (Phi) is 6.78. The summed E-state index contributed by atoms with van der Waals surface area (Å²) >= 11 is 0. The maximum Gasteiger partial charge on any atom is 0.250 e. The predicted octanol–water partition coefficient (Wildman–Crippen LogP) is 4.69. The quantitative estimate of drug-likeness (QED) is 0.223. The third-order valence-electron chi connectivity index (χ3n) is 5.94. The van der Waals surface area contributed by atoms with Gasteiger partial charge in [0.25, 0.3) is 5.91 Å². The third-order valence-corrected chi connectivity index (χ3v) is 5.94. The van der Waals surface area contributed by atoms with Gasteiger partial charge in [0.15, 0.2) is 0 Å². The zero-order valence-corrected chi connectivity index (χ0v) is 19.3. The lowest BCUT2D eigenvalue weighted by Crippen LogP contribution is -2.22. The van der Waals surface area contributed by atoms with Crippen LogP contribution in [0.4, 0.5) is 5.69 Å². The van der Waals surface area contributed by atoms with E-state index in [9.17, 15) is 15.0 Å². The van der Waals surface area contributed by atoms with Crippen LogP contribution in [0.25, 0.3) is 22.5 Å². The number of hydrogen-bond acceptors (Lipinski definition) is 5. The minimum absolute atomic E-state index is 0.309. The Morgan fingerprint density at radius 2 is 1.54 bits per heavy atom.